The van der Waals surface area contributed by atoms with Crippen LogP contribution in [0.3, 0.4) is 0 Å². The number of methoxy groups -OCH3 is 2. The van der Waals surface area contributed by atoms with Crippen LogP contribution in [-0.4, -0.2) is 38.4 Å². The van der Waals surface area contributed by atoms with Gasteiger partial charge in [0.2, 0.25) is 5.69 Å². The lowest BCUT2D eigenvalue weighted by Crippen LogP contribution is -2.41. The van der Waals surface area contributed by atoms with Crippen LogP contribution in [0.25, 0.3) is 22.0 Å². The Balaban J connectivity index is 1.41. The normalized spacial score (nSPS) is 14.4. The number of allylic oxidation sites excluding steroid dienone is 4. The van der Waals surface area contributed by atoms with Crippen LogP contribution in [0.4, 0.5) is 0 Å². The second kappa shape index (κ2) is 13.2. The summed E-state index contributed by atoms with van der Waals surface area (Å²) in [5.41, 5.74) is 8.70. The third-order valence-corrected chi connectivity index (χ3v) is 9.13. The van der Waals surface area contributed by atoms with Gasteiger partial charge in [-0.25, -0.2) is 0 Å². The molecule has 0 saturated heterocycles. The molecule has 0 fully saturated rings. The molecule has 0 radical (unpaired) electrons. The average Bonchev–Trinajstić information content (AvgIpc) is 3.04. The number of carbonyl (C=O) groups is 3. The van der Waals surface area contributed by atoms with Crippen molar-refractivity contribution >= 4 is 28.3 Å². The first kappa shape index (κ1) is 31.2. The van der Waals surface area contributed by atoms with E-state index >= 15 is 0 Å². The predicted molar refractivity (Wildman–Crippen MR) is 170 cm³/mol. The Labute approximate surface area is 259 Å². The Bertz CT molecular complexity index is 1730. The molecule has 2 aliphatic rings. The van der Waals surface area contributed by atoms with Gasteiger partial charge in [0.15, 0.2) is 35.8 Å². The zero-order valence-corrected chi connectivity index (χ0v) is 26.7. The lowest BCUT2D eigenvalue weighted by Gasteiger charge is -2.22. The Hall–Kier alpha value is -4.26. The Kier molecular flexibility index (Phi) is 9.33. The van der Waals surface area contributed by atoms with Crippen molar-refractivity contribution in [1.82, 2.24) is 0 Å². The number of nitrogens with zero attached hydrogens (tertiary/aromatic N) is 1. The molecule has 7 heteroatoms. The van der Waals surface area contributed by atoms with Crippen molar-refractivity contribution in [3.63, 3.8) is 0 Å². The van der Waals surface area contributed by atoms with Gasteiger partial charge in [-0.1, -0.05) is 19.9 Å². The number of hydrogen-bond donors (Lipinski definition) is 0. The smallest absolute Gasteiger partial charge is 0.310 e. The van der Waals surface area contributed by atoms with Crippen LogP contribution in [0, 0.1) is 0 Å². The molecule has 2 aromatic carbocycles. The summed E-state index contributed by atoms with van der Waals surface area (Å²) >= 11 is 0. The molecule has 1 aromatic heterocycles. The van der Waals surface area contributed by atoms with Gasteiger partial charge in [0, 0.05) is 34.1 Å². The van der Waals surface area contributed by atoms with Gasteiger partial charge < -0.3 is 14.2 Å². The number of fused-ring (bicyclic) bond motifs is 4. The van der Waals surface area contributed by atoms with Crippen molar-refractivity contribution in [2.75, 3.05) is 20.8 Å². The molecular weight excluding hydrogens is 554 g/mol. The number of carbonyl (C=O) groups excluding carboxylic acids is 3. The Morgan fingerprint density at radius 2 is 1.68 bits per heavy atom. The van der Waals surface area contributed by atoms with Gasteiger partial charge in [0.1, 0.15) is 0 Å². The van der Waals surface area contributed by atoms with Crippen LogP contribution >= 0.6 is 0 Å². The van der Waals surface area contributed by atoms with E-state index in [1.54, 1.807) is 28.1 Å². The molecule has 1 aliphatic carbocycles. The molecule has 0 saturated carbocycles. The third-order valence-electron chi connectivity index (χ3n) is 9.13. The maximum Gasteiger partial charge on any atom is 0.310 e. The summed E-state index contributed by atoms with van der Waals surface area (Å²) in [4.78, 5) is 38.1. The summed E-state index contributed by atoms with van der Waals surface area (Å²) in [6.07, 6.45) is 8.25. The molecule has 0 N–H and O–H groups in total. The molecule has 0 bridgehead atoms. The average molecular weight is 597 g/mol. The molecule has 5 rings (SSSR count). The number of aryl methyl sites for hydroxylation is 4. The molecule has 3 aromatic rings. The number of Topliss-reactive ketones (excluding diaryl/α,β-unsaturated/α-hetero) is 1. The van der Waals surface area contributed by atoms with Gasteiger partial charge >= 0.3 is 5.97 Å². The largest absolute Gasteiger partial charge is 0.493 e. The van der Waals surface area contributed by atoms with E-state index in [0.717, 1.165) is 47.8 Å². The van der Waals surface area contributed by atoms with Crippen LogP contribution in [0.15, 0.2) is 53.3 Å². The third kappa shape index (κ3) is 5.80. The van der Waals surface area contributed by atoms with Crippen LogP contribution in [0.2, 0.25) is 0 Å². The number of ether oxygens (including phenoxy) is 3. The number of rotatable bonds is 11. The number of benzene rings is 2. The minimum Gasteiger partial charge on any atom is -0.493 e. The van der Waals surface area contributed by atoms with E-state index in [9.17, 15) is 14.4 Å². The van der Waals surface area contributed by atoms with E-state index in [1.165, 1.54) is 28.3 Å². The lowest BCUT2D eigenvalue weighted by molar-refractivity contribution is -0.686. The SMILES string of the molecule is CCc1cc2c(cc1CC)-c1c(CC(=O)OCCCCC3=CC(=O)C(C)=C(C)C3=O)c3ccc(OC)c(OC)c3c[n+]1CC2. The maximum absolute atomic E-state index is 13.4. The van der Waals surface area contributed by atoms with Crippen LogP contribution < -0.4 is 14.0 Å². The molecular formula is C37H42NO6+. The molecule has 2 heterocycles. The first-order chi connectivity index (χ1) is 21.2. The van der Waals surface area contributed by atoms with E-state index in [1.807, 2.05) is 12.1 Å². The number of pyridine rings is 1. The highest BCUT2D eigenvalue weighted by molar-refractivity contribution is 6.22. The minimum atomic E-state index is -0.305. The number of aromatic nitrogens is 1. The summed E-state index contributed by atoms with van der Waals surface area (Å²) < 4.78 is 19.4. The van der Waals surface area contributed by atoms with E-state index < -0.39 is 0 Å². The fourth-order valence-corrected chi connectivity index (χ4v) is 6.52. The Morgan fingerprint density at radius 1 is 0.932 bits per heavy atom. The van der Waals surface area contributed by atoms with E-state index in [2.05, 4.69) is 36.7 Å². The van der Waals surface area contributed by atoms with Gasteiger partial charge in [0.25, 0.3) is 0 Å². The van der Waals surface area contributed by atoms with E-state index in [-0.39, 0.29) is 30.6 Å². The molecule has 7 nitrogen and oxygen atoms in total. The first-order valence-corrected chi connectivity index (χ1v) is 15.6. The maximum atomic E-state index is 13.4. The fraction of sp³-hybridized carbons (Fsp3) is 0.405. The predicted octanol–water partition coefficient (Wildman–Crippen LogP) is 6.16. The molecule has 44 heavy (non-hydrogen) atoms. The topological polar surface area (TPSA) is 82.8 Å². The highest BCUT2D eigenvalue weighted by atomic mass is 16.5. The zero-order chi connectivity index (χ0) is 31.5. The second-order valence-corrected chi connectivity index (χ2v) is 11.6. The minimum absolute atomic E-state index is 0.0676. The first-order valence-electron chi connectivity index (χ1n) is 15.6. The number of unbranched alkanes of at least 4 members (excludes halogenated alkanes) is 1. The Morgan fingerprint density at radius 3 is 2.39 bits per heavy atom. The number of esters is 1. The van der Waals surface area contributed by atoms with Gasteiger partial charge in [-0.3, -0.25) is 14.4 Å². The van der Waals surface area contributed by atoms with Gasteiger partial charge in [0.05, 0.1) is 38.2 Å². The molecule has 0 unspecified atom stereocenters. The summed E-state index contributed by atoms with van der Waals surface area (Å²) in [7, 11) is 3.26. The molecule has 0 amide bonds. The molecule has 0 spiro atoms. The van der Waals surface area contributed by atoms with Crippen molar-refractivity contribution in [2.24, 2.45) is 0 Å². The molecule has 1 aliphatic heterocycles. The summed E-state index contributed by atoms with van der Waals surface area (Å²) in [5.74, 6) is 0.803. The van der Waals surface area contributed by atoms with Crippen molar-refractivity contribution in [3.8, 4) is 22.8 Å². The summed E-state index contributed by atoms with van der Waals surface area (Å²) in [5, 5.41) is 1.82. The fourth-order valence-electron chi connectivity index (χ4n) is 6.52. The molecule has 230 valence electrons. The van der Waals surface area contributed by atoms with E-state index in [0.29, 0.717) is 47.5 Å². The summed E-state index contributed by atoms with van der Waals surface area (Å²) in [6, 6.07) is 8.55. The monoisotopic (exact) mass is 596 g/mol. The summed E-state index contributed by atoms with van der Waals surface area (Å²) in [6.45, 7) is 8.81. The van der Waals surface area contributed by atoms with Crippen molar-refractivity contribution in [1.29, 1.82) is 0 Å². The van der Waals surface area contributed by atoms with Crippen molar-refractivity contribution in [3.05, 3.63) is 75.5 Å². The zero-order valence-electron chi connectivity index (χ0n) is 26.7. The highest BCUT2D eigenvalue weighted by Crippen LogP contribution is 2.40. The van der Waals surface area contributed by atoms with Crippen LogP contribution in [-0.2, 0) is 51.3 Å². The van der Waals surface area contributed by atoms with E-state index in [4.69, 9.17) is 14.2 Å². The van der Waals surface area contributed by atoms with Gasteiger partial charge in [-0.2, -0.15) is 4.57 Å². The standard InChI is InChI=1S/C37H42NO6/c1-7-24-17-26-14-15-38-21-31-28(12-13-33(42-5)37(31)43-6)30(35(38)29(26)18-25(24)8-2)20-34(40)44-16-10-9-11-27-19-32(39)22(3)23(4)36(27)41/h12-13,17-19,21H,7-11,14-16,20H2,1-6H3/q+1. The van der Waals surface area contributed by atoms with Gasteiger partial charge in [-0.05, 0) is 86.9 Å². The lowest BCUT2D eigenvalue weighted by atomic mass is 9.86. The molecule has 0 atom stereocenters. The van der Waals surface area contributed by atoms with Crippen LogP contribution in [0.1, 0.15) is 69.2 Å². The van der Waals surface area contributed by atoms with Crippen molar-refractivity contribution < 1.29 is 33.2 Å². The number of ketones is 2. The number of hydrogen-bond acceptors (Lipinski definition) is 6. The van der Waals surface area contributed by atoms with Crippen LogP contribution in [0.5, 0.6) is 11.5 Å². The van der Waals surface area contributed by atoms with Gasteiger partial charge in [-0.15, -0.1) is 0 Å². The van der Waals surface area contributed by atoms with Crippen molar-refractivity contribution in [2.45, 2.75) is 79.2 Å². The quantitative estimate of drug-likeness (QED) is 0.114. The highest BCUT2D eigenvalue weighted by Gasteiger charge is 2.32. The second-order valence-electron chi connectivity index (χ2n) is 11.6.